The third kappa shape index (κ3) is 499. The second-order valence-electron chi connectivity index (χ2n) is 0.605. The van der Waals surface area contributed by atoms with Crippen LogP contribution in [0.3, 0.4) is 0 Å². The lowest BCUT2D eigenvalue weighted by atomic mass is 11.3. The summed E-state index contributed by atoms with van der Waals surface area (Å²) in [4.78, 5) is 8.78. The molecule has 1 amide bonds. The molecule has 0 aliphatic carbocycles. The number of hydrogen-bond donors (Lipinski definition) is 2. The van der Waals surface area contributed by atoms with Gasteiger partial charge in [-0.25, -0.2) is 4.79 Å². The molecule has 0 aliphatic heterocycles. The lowest BCUT2D eigenvalue weighted by molar-refractivity contribution is 0.205. The average Bonchev–Trinajstić information content (AvgIpc) is 1.33. The van der Waals surface area contributed by atoms with Crippen LogP contribution in [0.15, 0.2) is 0 Å². The van der Waals surface area contributed by atoms with Crippen LogP contribution in [-0.2, 0) is 0 Å². The number of carbonyl (C=O) groups is 1. The van der Waals surface area contributed by atoms with Crippen molar-refractivity contribution in [3.63, 3.8) is 0 Å². The molecule has 0 unspecified atom stereocenters. The Kier molecular flexibility index (Phi) is 14.6. The van der Waals surface area contributed by atoms with Crippen molar-refractivity contribution in [2.24, 2.45) is 5.73 Å². The van der Waals surface area contributed by atoms with Crippen molar-refractivity contribution in [3.8, 4) is 0 Å². The topological polar surface area (TPSA) is 63.3 Å². The molecule has 0 atom stereocenters. The third-order valence-electron chi connectivity index (χ3n) is 0. The zero-order chi connectivity index (χ0) is 6.28. The van der Waals surface area contributed by atoms with Gasteiger partial charge in [0, 0.05) is 0 Å². The fraction of sp³-hybridized carbons (Fsp3) is 0.500. The van der Waals surface area contributed by atoms with Gasteiger partial charge in [-0.05, 0) is 0 Å². The summed E-state index contributed by atoms with van der Waals surface area (Å²) in [6.07, 6.45) is -1.33. The van der Waals surface area contributed by atoms with Crippen molar-refractivity contribution >= 4 is 37.2 Å². The molecule has 0 aromatic carbocycles. The second kappa shape index (κ2) is 9.72. The van der Waals surface area contributed by atoms with Crippen LogP contribution in [0.4, 0.5) is 4.79 Å². The van der Waals surface area contributed by atoms with Crippen LogP contribution < -0.4 is 5.73 Å². The zero-order valence-corrected chi connectivity index (χ0v) is 7.02. The highest BCUT2D eigenvalue weighted by Gasteiger charge is 1.65. The molecule has 3 N–H and O–H groups in total. The molecule has 40 valence electrons. The summed E-state index contributed by atoms with van der Waals surface area (Å²) in [7, 11) is 0. The highest BCUT2D eigenvalue weighted by atomic mass is 79.9. The molecule has 3 nitrogen and oxygen atoms in total. The van der Waals surface area contributed by atoms with Gasteiger partial charge < -0.3 is 23.7 Å². The molecular formula is C2H6BrMgNO2. The summed E-state index contributed by atoms with van der Waals surface area (Å²) in [5.41, 5.74) is 4.03. The van der Waals surface area contributed by atoms with Gasteiger partial charge in [-0.3, -0.25) is 0 Å². The third-order valence-corrected chi connectivity index (χ3v) is 0. The van der Waals surface area contributed by atoms with Crippen LogP contribution in [-0.4, -0.2) is 29.4 Å². The molecule has 0 heterocycles. The van der Waals surface area contributed by atoms with Gasteiger partial charge in [0.15, 0.2) is 0 Å². The fourth-order valence-corrected chi connectivity index (χ4v) is 0. The standard InChI is InChI=1S/CH3NO2.CH3.BrH.Mg/c2-1(3)4;;;/h2H2,(H,3,4);1H3;1H;/q;;;+1/p-1. The summed E-state index contributed by atoms with van der Waals surface area (Å²) in [6, 6.07) is 0. The average molecular weight is 180 g/mol. The number of nitrogens with two attached hydrogens (primary N) is 1. The highest BCUT2D eigenvalue weighted by molar-refractivity contribution is 9.23. The van der Waals surface area contributed by atoms with Gasteiger partial charge in [-0.15, -0.1) is 5.05 Å². The Labute approximate surface area is 57.9 Å². The van der Waals surface area contributed by atoms with Gasteiger partial charge in [0.05, 0.1) is 0 Å². The Morgan fingerprint density at radius 1 is 2.00 bits per heavy atom. The van der Waals surface area contributed by atoms with Gasteiger partial charge in [0.1, 0.15) is 0 Å². The Morgan fingerprint density at radius 2 is 2.00 bits per heavy atom. The van der Waals surface area contributed by atoms with E-state index in [0.717, 1.165) is 0 Å². The number of halogens is 1. The van der Waals surface area contributed by atoms with Crippen molar-refractivity contribution in [2.75, 3.05) is 0 Å². The molecule has 0 saturated heterocycles. The SMILES string of the molecule is NC(=O)O.[CH3][Mg][Br]. The van der Waals surface area contributed by atoms with Crippen molar-refractivity contribution in [3.05, 3.63) is 0 Å². The lowest BCUT2D eigenvalue weighted by Gasteiger charge is -1.61. The molecule has 0 saturated carbocycles. The maximum Gasteiger partial charge on any atom is 0.465 e. The molecule has 0 aromatic heterocycles. The van der Waals surface area contributed by atoms with Crippen molar-refractivity contribution in [1.29, 1.82) is 0 Å². The van der Waals surface area contributed by atoms with E-state index in [9.17, 15) is 0 Å². The van der Waals surface area contributed by atoms with E-state index in [1.807, 2.05) is 0 Å². The van der Waals surface area contributed by atoms with Crippen LogP contribution in [0, 0.1) is 0 Å². The Bertz CT molecular complexity index is 47.0. The van der Waals surface area contributed by atoms with E-state index in [2.05, 4.69) is 23.7 Å². The lowest BCUT2D eigenvalue weighted by Crippen LogP contribution is -2.03. The Balaban J connectivity index is 0. The Morgan fingerprint density at radius 3 is 2.00 bits per heavy atom. The monoisotopic (exact) mass is 179 g/mol. The fourth-order valence-electron chi connectivity index (χ4n) is 0. The molecule has 0 spiro atoms. The minimum atomic E-state index is -1.33. The number of carboxylic acid groups (broad SMARTS) is 1. The van der Waals surface area contributed by atoms with E-state index in [1.165, 1.54) is 0 Å². The van der Waals surface area contributed by atoms with E-state index in [1.54, 1.807) is 0 Å². The molecule has 0 bridgehead atoms. The van der Waals surface area contributed by atoms with E-state index < -0.39 is 6.09 Å². The largest absolute Gasteiger partial charge is 0.465 e. The molecule has 7 heavy (non-hydrogen) atoms. The smallest absolute Gasteiger partial charge is 0.465 e. The minimum absolute atomic E-state index is 0.229. The Hall–Kier alpha value is 0.516. The van der Waals surface area contributed by atoms with Gasteiger partial charge in [0.2, 0.25) is 0 Å². The normalized spacial score (nSPS) is 4.86. The number of hydrogen-bond acceptors (Lipinski definition) is 1. The summed E-state index contributed by atoms with van der Waals surface area (Å²) >= 11 is 3.51. The van der Waals surface area contributed by atoms with Crippen molar-refractivity contribution < 1.29 is 9.90 Å². The zero-order valence-electron chi connectivity index (χ0n) is 4.02. The van der Waals surface area contributed by atoms with E-state index in [0.29, 0.717) is 0 Å². The maximum atomic E-state index is 8.78. The number of primary amides is 1. The van der Waals surface area contributed by atoms with E-state index in [-0.39, 0.29) is 18.2 Å². The highest BCUT2D eigenvalue weighted by Crippen LogP contribution is 1.62. The second-order valence-corrected chi connectivity index (χ2v) is 4.50. The first kappa shape index (κ1) is 10.5. The summed E-state index contributed by atoms with van der Waals surface area (Å²) < 4.78 is 0. The summed E-state index contributed by atoms with van der Waals surface area (Å²) in [6.45, 7) is 0. The predicted molar refractivity (Wildman–Crippen MR) is 32.8 cm³/mol. The molecular weight excluding hydrogens is 174 g/mol. The summed E-state index contributed by atoms with van der Waals surface area (Å²) in [5, 5.41) is 9.38. The van der Waals surface area contributed by atoms with Crippen LogP contribution >= 0.6 is 12.9 Å². The predicted octanol–water partition coefficient (Wildman–Crippen LogP) is 0.672. The molecule has 0 rings (SSSR count). The van der Waals surface area contributed by atoms with Gasteiger partial charge in [-0.1, -0.05) is 0 Å². The number of rotatable bonds is 0. The van der Waals surface area contributed by atoms with Crippen molar-refractivity contribution in [1.82, 2.24) is 0 Å². The van der Waals surface area contributed by atoms with Crippen LogP contribution in [0.5, 0.6) is 0 Å². The molecule has 0 aromatic rings. The van der Waals surface area contributed by atoms with E-state index in [4.69, 9.17) is 9.90 Å². The first-order valence-corrected chi connectivity index (χ1v) is 7.00. The number of amides is 1. The van der Waals surface area contributed by atoms with Crippen LogP contribution in [0.1, 0.15) is 0 Å². The minimum Gasteiger partial charge on any atom is -0.465 e. The van der Waals surface area contributed by atoms with Crippen LogP contribution in [0.2, 0.25) is 5.05 Å². The molecule has 0 radical (unpaired) electrons. The van der Waals surface area contributed by atoms with Crippen LogP contribution in [0.25, 0.3) is 0 Å². The first-order chi connectivity index (χ1) is 3.15. The molecule has 5 heteroatoms. The quantitative estimate of drug-likeness (QED) is 0.538. The maximum absolute atomic E-state index is 8.78. The van der Waals surface area contributed by atoms with Gasteiger partial charge in [-0.2, -0.15) is 0 Å². The molecule has 0 fully saturated rings. The van der Waals surface area contributed by atoms with E-state index >= 15 is 0 Å². The first-order valence-electron chi connectivity index (χ1n) is 1.69. The van der Waals surface area contributed by atoms with Gasteiger partial charge >= 0.3 is 24.3 Å². The van der Waals surface area contributed by atoms with Gasteiger partial charge in [0.25, 0.3) is 0 Å². The molecule has 0 aliphatic rings. The summed E-state index contributed by atoms with van der Waals surface area (Å²) in [5.74, 6) is 0. The van der Waals surface area contributed by atoms with Crippen molar-refractivity contribution in [2.45, 2.75) is 5.05 Å².